The number of aryl methyl sites for hydroxylation is 1. The third-order valence-corrected chi connectivity index (χ3v) is 2.97. The van der Waals surface area contributed by atoms with Crippen molar-refractivity contribution in [2.75, 3.05) is 12.0 Å². The number of nitrogen functional groups attached to an aromatic ring is 1. The normalized spacial score (nSPS) is 11.3. The second-order valence-electron chi connectivity index (χ2n) is 3.49. The smallest absolute Gasteiger partial charge is 0.147 e. The van der Waals surface area contributed by atoms with E-state index in [1.807, 2.05) is 0 Å². The van der Waals surface area contributed by atoms with E-state index in [1.54, 1.807) is 24.3 Å². The third kappa shape index (κ3) is 4.12. The zero-order valence-electron chi connectivity index (χ0n) is 8.53. The molecule has 0 aliphatic carbocycles. The maximum atomic E-state index is 10.9. The molecule has 0 heterocycles. The summed E-state index contributed by atoms with van der Waals surface area (Å²) in [6.07, 6.45) is 1.72. The first kappa shape index (κ1) is 11.7. The van der Waals surface area contributed by atoms with Crippen molar-refractivity contribution >= 4 is 15.7 Å². The number of amidine groups is 1. The zero-order valence-corrected chi connectivity index (χ0v) is 9.34. The first-order valence-electron chi connectivity index (χ1n) is 4.49. The Hall–Kier alpha value is -1.36. The average molecular weight is 226 g/mol. The van der Waals surface area contributed by atoms with E-state index < -0.39 is 9.84 Å². The zero-order chi connectivity index (χ0) is 11.5. The van der Waals surface area contributed by atoms with Crippen molar-refractivity contribution in [1.82, 2.24) is 0 Å². The second-order valence-corrected chi connectivity index (χ2v) is 5.75. The molecule has 82 valence electrons. The molecule has 0 amide bonds. The lowest BCUT2D eigenvalue weighted by Gasteiger charge is -2.02. The summed E-state index contributed by atoms with van der Waals surface area (Å²) >= 11 is 0. The van der Waals surface area contributed by atoms with Crippen LogP contribution in [0, 0.1) is 5.41 Å². The Morgan fingerprint density at radius 2 is 1.87 bits per heavy atom. The Morgan fingerprint density at radius 3 is 2.27 bits per heavy atom. The van der Waals surface area contributed by atoms with Gasteiger partial charge < -0.3 is 5.73 Å². The van der Waals surface area contributed by atoms with Gasteiger partial charge in [-0.2, -0.15) is 0 Å². The Morgan fingerprint density at radius 1 is 1.33 bits per heavy atom. The van der Waals surface area contributed by atoms with Gasteiger partial charge in [-0.3, -0.25) is 5.41 Å². The Balaban J connectivity index is 2.69. The van der Waals surface area contributed by atoms with Crippen molar-refractivity contribution < 1.29 is 8.42 Å². The van der Waals surface area contributed by atoms with Crippen LogP contribution >= 0.6 is 0 Å². The van der Waals surface area contributed by atoms with E-state index in [4.69, 9.17) is 11.1 Å². The van der Waals surface area contributed by atoms with Gasteiger partial charge in [0.15, 0.2) is 0 Å². The molecule has 4 nitrogen and oxygen atoms in total. The van der Waals surface area contributed by atoms with E-state index in [9.17, 15) is 8.42 Å². The number of sulfone groups is 1. The number of nitrogens with one attached hydrogen (secondary N) is 1. The quantitative estimate of drug-likeness (QED) is 0.581. The van der Waals surface area contributed by atoms with Crippen LogP contribution in [0.15, 0.2) is 24.3 Å². The van der Waals surface area contributed by atoms with E-state index in [-0.39, 0.29) is 11.6 Å². The molecule has 5 heteroatoms. The van der Waals surface area contributed by atoms with Crippen molar-refractivity contribution in [2.45, 2.75) is 6.42 Å². The molecule has 0 spiro atoms. The van der Waals surface area contributed by atoms with Gasteiger partial charge in [-0.15, -0.1) is 0 Å². The van der Waals surface area contributed by atoms with Gasteiger partial charge in [0.1, 0.15) is 15.7 Å². The van der Waals surface area contributed by atoms with Crippen LogP contribution in [-0.2, 0) is 16.3 Å². The maximum Gasteiger partial charge on any atom is 0.147 e. The van der Waals surface area contributed by atoms with Gasteiger partial charge in [0, 0.05) is 11.8 Å². The lowest BCUT2D eigenvalue weighted by molar-refractivity contribution is 0.601. The minimum atomic E-state index is -2.92. The summed E-state index contributed by atoms with van der Waals surface area (Å²) in [6.45, 7) is 0. The molecule has 0 aromatic heterocycles. The molecule has 1 rings (SSSR count). The van der Waals surface area contributed by atoms with Crippen molar-refractivity contribution in [3.8, 4) is 0 Å². The van der Waals surface area contributed by atoms with Gasteiger partial charge in [-0.25, -0.2) is 8.42 Å². The highest BCUT2D eigenvalue weighted by Gasteiger charge is 2.03. The van der Waals surface area contributed by atoms with Crippen molar-refractivity contribution in [2.24, 2.45) is 5.73 Å². The van der Waals surface area contributed by atoms with Gasteiger partial charge in [0.25, 0.3) is 0 Å². The minimum absolute atomic E-state index is 0.0182. The molecule has 0 bridgehead atoms. The van der Waals surface area contributed by atoms with E-state index in [0.717, 1.165) is 5.56 Å². The summed E-state index contributed by atoms with van der Waals surface area (Å²) in [5.41, 5.74) is 6.88. The predicted molar refractivity (Wildman–Crippen MR) is 60.9 cm³/mol. The van der Waals surface area contributed by atoms with Crippen molar-refractivity contribution in [3.63, 3.8) is 0 Å². The molecule has 0 saturated carbocycles. The fourth-order valence-corrected chi connectivity index (χ4v) is 1.76. The van der Waals surface area contributed by atoms with Crippen molar-refractivity contribution in [3.05, 3.63) is 35.4 Å². The Bertz CT molecular complexity index is 449. The van der Waals surface area contributed by atoms with Crippen LogP contribution < -0.4 is 5.73 Å². The van der Waals surface area contributed by atoms with Crippen LogP contribution in [0.5, 0.6) is 0 Å². The minimum Gasteiger partial charge on any atom is -0.384 e. The Labute approximate surface area is 89.5 Å². The van der Waals surface area contributed by atoms with Crippen LogP contribution in [0.25, 0.3) is 0 Å². The van der Waals surface area contributed by atoms with Gasteiger partial charge in [-0.1, -0.05) is 24.3 Å². The largest absolute Gasteiger partial charge is 0.384 e. The molecular weight excluding hydrogens is 212 g/mol. The summed E-state index contributed by atoms with van der Waals surface area (Å²) < 4.78 is 21.9. The first-order chi connectivity index (χ1) is 6.88. The van der Waals surface area contributed by atoms with Crippen LogP contribution in [-0.4, -0.2) is 26.3 Å². The number of hydrogen-bond donors (Lipinski definition) is 2. The summed E-state index contributed by atoms with van der Waals surface area (Å²) in [5.74, 6) is 0.163. The highest BCUT2D eigenvalue weighted by atomic mass is 32.2. The SMILES string of the molecule is CS(=O)(=O)CCc1ccc(C(=N)N)cc1. The van der Waals surface area contributed by atoms with Gasteiger partial charge in [0.05, 0.1) is 5.75 Å². The standard InChI is InChI=1S/C10H14N2O2S/c1-15(13,14)7-6-8-2-4-9(5-3-8)10(11)12/h2-5H,6-7H2,1H3,(H3,11,12). The van der Waals surface area contributed by atoms with Crippen LogP contribution in [0.1, 0.15) is 11.1 Å². The maximum absolute atomic E-state index is 10.9. The monoisotopic (exact) mass is 226 g/mol. The molecule has 1 aromatic carbocycles. The van der Waals surface area contributed by atoms with Gasteiger partial charge in [-0.05, 0) is 12.0 Å². The van der Waals surface area contributed by atoms with E-state index >= 15 is 0 Å². The summed E-state index contributed by atoms with van der Waals surface area (Å²) in [4.78, 5) is 0. The molecule has 0 aliphatic rings. The topological polar surface area (TPSA) is 84.0 Å². The highest BCUT2D eigenvalue weighted by molar-refractivity contribution is 7.90. The summed E-state index contributed by atoms with van der Waals surface area (Å²) in [6, 6.07) is 7.03. The molecule has 0 unspecified atom stereocenters. The molecule has 0 radical (unpaired) electrons. The average Bonchev–Trinajstić information content (AvgIpc) is 2.14. The molecule has 15 heavy (non-hydrogen) atoms. The van der Waals surface area contributed by atoms with Crippen LogP contribution in [0.2, 0.25) is 0 Å². The summed E-state index contributed by atoms with van der Waals surface area (Å²) in [5, 5.41) is 7.19. The van der Waals surface area contributed by atoms with Gasteiger partial charge in [0.2, 0.25) is 0 Å². The third-order valence-electron chi connectivity index (χ3n) is 2.03. The molecule has 0 aliphatic heterocycles. The molecule has 3 N–H and O–H groups in total. The van der Waals surface area contributed by atoms with Crippen molar-refractivity contribution in [1.29, 1.82) is 5.41 Å². The molecular formula is C10H14N2O2S. The number of nitrogens with two attached hydrogens (primary N) is 1. The lowest BCUT2D eigenvalue weighted by Crippen LogP contribution is -2.11. The van der Waals surface area contributed by atoms with Crippen LogP contribution in [0.4, 0.5) is 0 Å². The predicted octanol–water partition coefficient (Wildman–Crippen LogP) is 0.558. The number of benzene rings is 1. The fraction of sp³-hybridized carbons (Fsp3) is 0.300. The molecule has 0 fully saturated rings. The highest BCUT2D eigenvalue weighted by Crippen LogP contribution is 2.05. The second kappa shape index (κ2) is 4.44. The first-order valence-corrected chi connectivity index (χ1v) is 6.55. The van der Waals surface area contributed by atoms with E-state index in [2.05, 4.69) is 0 Å². The lowest BCUT2D eigenvalue weighted by atomic mass is 10.1. The Kier molecular flexibility index (Phi) is 3.47. The molecule has 0 saturated heterocycles. The fourth-order valence-electron chi connectivity index (χ4n) is 1.15. The number of rotatable bonds is 4. The van der Waals surface area contributed by atoms with Crippen LogP contribution in [0.3, 0.4) is 0 Å². The molecule has 1 aromatic rings. The van der Waals surface area contributed by atoms with E-state index in [1.165, 1.54) is 6.26 Å². The molecule has 0 atom stereocenters. The van der Waals surface area contributed by atoms with E-state index in [0.29, 0.717) is 12.0 Å². The number of hydrogen-bond acceptors (Lipinski definition) is 3. The van der Waals surface area contributed by atoms with Gasteiger partial charge >= 0.3 is 0 Å². The summed E-state index contributed by atoms with van der Waals surface area (Å²) in [7, 11) is -2.92.